The molecule has 5 heteroatoms. The predicted molar refractivity (Wildman–Crippen MR) is 82.2 cm³/mol. The number of benzene rings is 1. The van der Waals surface area contributed by atoms with Crippen LogP contribution in [0.15, 0.2) is 24.3 Å². The van der Waals surface area contributed by atoms with Gasteiger partial charge < -0.3 is 9.84 Å². The van der Waals surface area contributed by atoms with Crippen molar-refractivity contribution in [3.63, 3.8) is 0 Å². The van der Waals surface area contributed by atoms with Crippen LogP contribution < -0.4 is 4.74 Å². The monoisotopic (exact) mass is 304 g/mol. The Balaban J connectivity index is 2.49. The van der Waals surface area contributed by atoms with Gasteiger partial charge in [-0.3, -0.25) is 9.59 Å². The molecule has 0 unspecified atom stereocenters. The Morgan fingerprint density at radius 3 is 2.41 bits per heavy atom. The van der Waals surface area contributed by atoms with E-state index in [2.05, 4.69) is 6.58 Å². The number of carbonyl (C=O) groups is 3. The lowest BCUT2D eigenvalue weighted by atomic mass is 10.1. The molecule has 0 radical (unpaired) electrons. The second kappa shape index (κ2) is 8.12. The summed E-state index contributed by atoms with van der Waals surface area (Å²) in [6, 6.07) is 3.35. The van der Waals surface area contributed by atoms with Gasteiger partial charge in [0.2, 0.25) is 0 Å². The summed E-state index contributed by atoms with van der Waals surface area (Å²) in [5, 5.41) is 8.67. The lowest BCUT2D eigenvalue weighted by Crippen LogP contribution is -2.09. The van der Waals surface area contributed by atoms with Gasteiger partial charge in [0.1, 0.15) is 12.0 Å². The van der Waals surface area contributed by atoms with Gasteiger partial charge in [0, 0.05) is 17.6 Å². The topological polar surface area (TPSA) is 80.7 Å². The fraction of sp³-hybridized carbons (Fsp3) is 0.353. The minimum atomic E-state index is -1.01. The average molecular weight is 304 g/mol. The summed E-state index contributed by atoms with van der Waals surface area (Å²) >= 11 is 0. The smallest absolute Gasteiger partial charge is 0.330 e. The molecule has 0 amide bonds. The van der Waals surface area contributed by atoms with Crippen molar-refractivity contribution in [3.05, 3.63) is 41.0 Å². The molecular weight excluding hydrogens is 284 g/mol. The van der Waals surface area contributed by atoms with E-state index in [1.807, 2.05) is 0 Å². The Morgan fingerprint density at radius 1 is 1.18 bits per heavy atom. The van der Waals surface area contributed by atoms with Gasteiger partial charge in [-0.05, 0) is 56.4 Å². The molecule has 0 aromatic heterocycles. The highest BCUT2D eigenvalue weighted by Crippen LogP contribution is 2.22. The average Bonchev–Trinajstić information content (AvgIpc) is 2.46. The van der Waals surface area contributed by atoms with Crippen LogP contribution in [0.1, 0.15) is 47.2 Å². The number of hydrogen-bond donors (Lipinski definition) is 1. The number of hydrogen-bond acceptors (Lipinski definition) is 4. The van der Waals surface area contributed by atoms with Gasteiger partial charge in [0.15, 0.2) is 0 Å². The molecule has 0 heterocycles. The molecular formula is C17H20O5. The first-order valence-electron chi connectivity index (χ1n) is 7.03. The van der Waals surface area contributed by atoms with Crippen LogP contribution in [-0.2, 0) is 9.59 Å². The van der Waals surface area contributed by atoms with Gasteiger partial charge in [-0.15, -0.1) is 0 Å². The second-order valence-corrected chi connectivity index (χ2v) is 5.18. The number of rotatable bonds is 8. The second-order valence-electron chi connectivity index (χ2n) is 5.18. The quantitative estimate of drug-likeness (QED) is 0.262. The molecule has 0 saturated heterocycles. The third kappa shape index (κ3) is 5.16. The third-order valence-corrected chi connectivity index (χ3v) is 3.33. The Morgan fingerprint density at radius 2 is 1.82 bits per heavy atom. The summed E-state index contributed by atoms with van der Waals surface area (Å²) in [5.74, 6) is -0.936. The minimum Gasteiger partial charge on any atom is -0.478 e. The third-order valence-electron chi connectivity index (χ3n) is 3.33. The molecule has 118 valence electrons. The fourth-order valence-corrected chi connectivity index (χ4v) is 1.94. The highest BCUT2D eigenvalue weighted by atomic mass is 16.5. The minimum absolute atomic E-state index is 0.143. The van der Waals surface area contributed by atoms with Crippen LogP contribution in [0.5, 0.6) is 5.75 Å². The maximum absolute atomic E-state index is 11.8. The number of ether oxygens (including phenoxy) is 1. The Hall–Kier alpha value is -2.43. The van der Waals surface area contributed by atoms with Crippen molar-refractivity contribution in [1.29, 1.82) is 0 Å². The molecule has 0 atom stereocenters. The number of esters is 1. The number of unbranched alkanes of at least 4 members (excludes halogenated alkanes) is 1. The molecule has 1 N–H and O–H groups in total. The van der Waals surface area contributed by atoms with E-state index in [0.717, 1.165) is 17.4 Å². The first-order valence-corrected chi connectivity index (χ1v) is 7.03. The summed E-state index contributed by atoms with van der Waals surface area (Å²) in [6.07, 6.45) is 2.44. The number of carboxylic acids is 1. The summed E-state index contributed by atoms with van der Waals surface area (Å²) < 4.78 is 5.29. The van der Waals surface area contributed by atoms with E-state index in [1.54, 1.807) is 26.0 Å². The van der Waals surface area contributed by atoms with E-state index in [1.165, 1.54) is 0 Å². The summed E-state index contributed by atoms with van der Waals surface area (Å²) in [7, 11) is 0. The predicted octanol–water partition coefficient (Wildman–Crippen LogP) is 3.22. The fourth-order valence-electron chi connectivity index (χ4n) is 1.94. The first-order chi connectivity index (χ1) is 10.3. The normalized spacial score (nSPS) is 10.1. The van der Waals surface area contributed by atoms with Gasteiger partial charge >= 0.3 is 11.9 Å². The van der Waals surface area contributed by atoms with Crippen molar-refractivity contribution >= 4 is 18.2 Å². The molecule has 0 saturated carbocycles. The highest BCUT2D eigenvalue weighted by molar-refractivity contribution is 5.85. The Bertz CT molecular complexity index is 601. The van der Waals surface area contributed by atoms with Crippen molar-refractivity contribution < 1.29 is 24.2 Å². The largest absolute Gasteiger partial charge is 0.478 e. The van der Waals surface area contributed by atoms with Gasteiger partial charge in [-0.2, -0.15) is 0 Å². The van der Waals surface area contributed by atoms with Crippen LogP contribution in [0.2, 0.25) is 0 Å². The van der Waals surface area contributed by atoms with Gasteiger partial charge in [-0.25, -0.2) is 4.79 Å². The molecule has 1 aromatic rings. The number of aldehydes is 1. The number of aryl methyl sites for hydroxylation is 2. The SMILES string of the molecule is C=C(CCCCC(=O)Oc1cc(C)c(C=O)cc1C)C(=O)O. The van der Waals surface area contributed by atoms with E-state index in [9.17, 15) is 14.4 Å². The van der Waals surface area contributed by atoms with E-state index in [4.69, 9.17) is 9.84 Å². The molecule has 5 nitrogen and oxygen atoms in total. The number of carboxylic acid groups (broad SMARTS) is 1. The number of carbonyl (C=O) groups excluding carboxylic acids is 2. The van der Waals surface area contributed by atoms with Crippen LogP contribution in [-0.4, -0.2) is 23.3 Å². The highest BCUT2D eigenvalue weighted by Gasteiger charge is 2.10. The zero-order valence-electron chi connectivity index (χ0n) is 12.8. The maximum Gasteiger partial charge on any atom is 0.330 e. The van der Waals surface area contributed by atoms with Gasteiger partial charge in [0.25, 0.3) is 0 Å². The van der Waals surface area contributed by atoms with Gasteiger partial charge in [-0.1, -0.05) is 6.58 Å². The molecule has 22 heavy (non-hydrogen) atoms. The van der Waals surface area contributed by atoms with Crippen LogP contribution in [0.3, 0.4) is 0 Å². The summed E-state index contributed by atoms with van der Waals surface area (Å²) in [4.78, 5) is 33.2. The van der Waals surface area contributed by atoms with E-state index >= 15 is 0 Å². The molecule has 0 spiro atoms. The number of aliphatic carboxylic acids is 1. The van der Waals surface area contributed by atoms with Crippen LogP contribution in [0.25, 0.3) is 0 Å². The molecule has 0 bridgehead atoms. The van der Waals surface area contributed by atoms with Crippen LogP contribution in [0, 0.1) is 13.8 Å². The van der Waals surface area contributed by atoms with E-state index in [-0.39, 0.29) is 18.0 Å². The lowest BCUT2D eigenvalue weighted by molar-refractivity contribution is -0.134. The van der Waals surface area contributed by atoms with Crippen molar-refractivity contribution in [1.82, 2.24) is 0 Å². The van der Waals surface area contributed by atoms with Crippen molar-refractivity contribution in [3.8, 4) is 5.75 Å². The van der Waals surface area contributed by atoms with Crippen molar-refractivity contribution in [2.75, 3.05) is 0 Å². The van der Waals surface area contributed by atoms with E-state index in [0.29, 0.717) is 30.6 Å². The maximum atomic E-state index is 11.8. The Kier molecular flexibility index (Phi) is 6.50. The summed E-state index contributed by atoms with van der Waals surface area (Å²) in [6.45, 7) is 6.98. The molecule has 1 aromatic carbocycles. The van der Waals surface area contributed by atoms with Crippen molar-refractivity contribution in [2.24, 2.45) is 0 Å². The first kappa shape index (κ1) is 17.6. The lowest BCUT2D eigenvalue weighted by Gasteiger charge is -2.10. The van der Waals surface area contributed by atoms with Crippen molar-refractivity contribution in [2.45, 2.75) is 39.5 Å². The van der Waals surface area contributed by atoms with Crippen LogP contribution >= 0.6 is 0 Å². The zero-order valence-corrected chi connectivity index (χ0v) is 12.8. The standard InChI is InChI=1S/C17H20O5/c1-11(17(20)21)6-4-5-7-16(19)22-15-9-12(2)14(10-18)8-13(15)3/h8-10H,1,4-7H2,2-3H3,(H,20,21). The molecule has 1 rings (SSSR count). The van der Waals surface area contributed by atoms with Gasteiger partial charge in [0.05, 0.1) is 0 Å². The Labute approximate surface area is 129 Å². The molecule has 0 aliphatic heterocycles. The van der Waals surface area contributed by atoms with Crippen LogP contribution in [0.4, 0.5) is 0 Å². The zero-order chi connectivity index (χ0) is 16.7. The molecule has 0 aliphatic rings. The summed E-state index contributed by atoms with van der Waals surface area (Å²) in [5.41, 5.74) is 2.19. The molecule has 0 aliphatic carbocycles. The van der Waals surface area contributed by atoms with E-state index < -0.39 is 5.97 Å². The molecule has 0 fully saturated rings.